The lowest BCUT2D eigenvalue weighted by atomic mass is 10.1. The lowest BCUT2D eigenvalue weighted by molar-refractivity contribution is -0.118. The highest BCUT2D eigenvalue weighted by atomic mass is 79.9. The average molecular weight is 285 g/mol. The SMILES string of the molecule is CC(=O)NCCNc1c(C)cc(Br)cc1C. The van der Waals surface area contributed by atoms with E-state index < -0.39 is 0 Å². The highest BCUT2D eigenvalue weighted by Gasteiger charge is 2.03. The Morgan fingerprint density at radius 3 is 2.31 bits per heavy atom. The molecule has 0 heterocycles. The zero-order valence-electron chi connectivity index (χ0n) is 9.86. The zero-order valence-corrected chi connectivity index (χ0v) is 11.4. The summed E-state index contributed by atoms with van der Waals surface area (Å²) in [6.45, 7) is 7.04. The molecule has 0 saturated heterocycles. The van der Waals surface area contributed by atoms with Gasteiger partial charge < -0.3 is 10.6 Å². The number of halogens is 1. The van der Waals surface area contributed by atoms with E-state index in [-0.39, 0.29) is 5.91 Å². The summed E-state index contributed by atoms with van der Waals surface area (Å²) in [5.41, 5.74) is 3.55. The van der Waals surface area contributed by atoms with Crippen LogP contribution in [-0.2, 0) is 4.79 Å². The van der Waals surface area contributed by atoms with Crippen LogP contribution in [0.15, 0.2) is 16.6 Å². The first-order chi connectivity index (χ1) is 7.50. The van der Waals surface area contributed by atoms with E-state index in [1.165, 1.54) is 18.1 Å². The Bertz CT molecular complexity index is 368. The summed E-state index contributed by atoms with van der Waals surface area (Å²) in [4.78, 5) is 10.7. The van der Waals surface area contributed by atoms with E-state index in [1.54, 1.807) is 0 Å². The van der Waals surface area contributed by atoms with Gasteiger partial charge in [-0.15, -0.1) is 0 Å². The van der Waals surface area contributed by atoms with Gasteiger partial charge in [0.05, 0.1) is 0 Å². The minimum absolute atomic E-state index is 0.00560. The van der Waals surface area contributed by atoms with E-state index in [0.717, 1.165) is 16.7 Å². The Morgan fingerprint density at radius 2 is 1.81 bits per heavy atom. The van der Waals surface area contributed by atoms with Crippen LogP contribution < -0.4 is 10.6 Å². The van der Waals surface area contributed by atoms with Crippen molar-refractivity contribution in [1.29, 1.82) is 0 Å². The highest BCUT2D eigenvalue weighted by molar-refractivity contribution is 9.10. The number of benzene rings is 1. The van der Waals surface area contributed by atoms with Crippen molar-refractivity contribution >= 4 is 27.5 Å². The average Bonchev–Trinajstić information content (AvgIpc) is 2.14. The molecule has 0 aromatic heterocycles. The van der Waals surface area contributed by atoms with Crippen LogP contribution in [0.3, 0.4) is 0 Å². The number of rotatable bonds is 4. The molecule has 0 aliphatic heterocycles. The molecule has 0 radical (unpaired) electrons. The quantitative estimate of drug-likeness (QED) is 0.835. The molecular weight excluding hydrogens is 268 g/mol. The van der Waals surface area contributed by atoms with Gasteiger partial charge in [-0.25, -0.2) is 0 Å². The zero-order chi connectivity index (χ0) is 12.1. The molecule has 0 bridgehead atoms. The van der Waals surface area contributed by atoms with E-state index in [4.69, 9.17) is 0 Å². The lowest BCUT2D eigenvalue weighted by Gasteiger charge is -2.13. The number of nitrogens with one attached hydrogen (secondary N) is 2. The van der Waals surface area contributed by atoms with Crippen molar-refractivity contribution < 1.29 is 4.79 Å². The van der Waals surface area contributed by atoms with E-state index in [1.807, 2.05) is 0 Å². The van der Waals surface area contributed by atoms with Gasteiger partial charge in [0.1, 0.15) is 0 Å². The van der Waals surface area contributed by atoms with Crippen molar-refractivity contribution in [2.45, 2.75) is 20.8 Å². The number of carbonyl (C=O) groups is 1. The van der Waals surface area contributed by atoms with E-state index >= 15 is 0 Å². The topological polar surface area (TPSA) is 41.1 Å². The van der Waals surface area contributed by atoms with Crippen LogP contribution in [0.1, 0.15) is 18.1 Å². The number of anilines is 1. The first-order valence-electron chi connectivity index (χ1n) is 5.25. The minimum Gasteiger partial charge on any atom is -0.383 e. The number of carbonyl (C=O) groups excluding carboxylic acids is 1. The number of hydrogen-bond acceptors (Lipinski definition) is 2. The van der Waals surface area contributed by atoms with Crippen LogP contribution in [0.5, 0.6) is 0 Å². The molecule has 0 saturated carbocycles. The van der Waals surface area contributed by atoms with Crippen LogP contribution >= 0.6 is 15.9 Å². The molecular formula is C12H17BrN2O. The van der Waals surface area contributed by atoms with E-state index in [0.29, 0.717) is 6.54 Å². The molecule has 3 nitrogen and oxygen atoms in total. The van der Waals surface area contributed by atoms with Gasteiger partial charge in [0.25, 0.3) is 0 Å². The van der Waals surface area contributed by atoms with Crippen molar-refractivity contribution in [3.8, 4) is 0 Å². The van der Waals surface area contributed by atoms with Gasteiger partial charge in [-0.05, 0) is 37.1 Å². The summed E-state index contributed by atoms with van der Waals surface area (Å²) in [7, 11) is 0. The summed E-state index contributed by atoms with van der Waals surface area (Å²) < 4.78 is 1.09. The van der Waals surface area contributed by atoms with Crippen molar-refractivity contribution in [2.24, 2.45) is 0 Å². The maximum Gasteiger partial charge on any atom is 0.216 e. The van der Waals surface area contributed by atoms with Gasteiger partial charge in [-0.1, -0.05) is 15.9 Å². The summed E-state index contributed by atoms with van der Waals surface area (Å²) in [6.07, 6.45) is 0. The first-order valence-corrected chi connectivity index (χ1v) is 6.05. The monoisotopic (exact) mass is 284 g/mol. The predicted octanol–water partition coefficient (Wildman–Crippen LogP) is 2.61. The largest absolute Gasteiger partial charge is 0.383 e. The fraction of sp³-hybridized carbons (Fsp3) is 0.417. The summed E-state index contributed by atoms with van der Waals surface area (Å²) in [5, 5.41) is 6.08. The Hall–Kier alpha value is -1.03. The maximum absolute atomic E-state index is 10.7. The molecule has 0 aliphatic carbocycles. The number of aryl methyl sites for hydroxylation is 2. The van der Waals surface area contributed by atoms with Crippen molar-refractivity contribution in [1.82, 2.24) is 5.32 Å². The molecule has 16 heavy (non-hydrogen) atoms. The molecule has 1 aromatic carbocycles. The normalized spacial score (nSPS) is 10.0. The van der Waals surface area contributed by atoms with Gasteiger partial charge in [0.2, 0.25) is 5.91 Å². The maximum atomic E-state index is 10.7. The second-order valence-electron chi connectivity index (χ2n) is 3.82. The Kier molecular flexibility index (Phi) is 4.80. The van der Waals surface area contributed by atoms with Gasteiger partial charge >= 0.3 is 0 Å². The highest BCUT2D eigenvalue weighted by Crippen LogP contribution is 2.24. The molecule has 1 rings (SSSR count). The standard InChI is InChI=1S/C12H17BrN2O/c1-8-6-11(13)7-9(2)12(8)15-5-4-14-10(3)16/h6-7,15H,4-5H2,1-3H3,(H,14,16). The Labute approximate surface area is 105 Å². The van der Waals surface area contributed by atoms with Gasteiger partial charge in [-0.2, -0.15) is 0 Å². The molecule has 2 N–H and O–H groups in total. The third-order valence-electron chi connectivity index (χ3n) is 2.30. The molecule has 1 aromatic rings. The summed E-state index contributed by atoms with van der Waals surface area (Å²) in [6, 6.07) is 4.15. The first kappa shape index (κ1) is 13.0. The van der Waals surface area contributed by atoms with Crippen LogP contribution in [0.2, 0.25) is 0 Å². The summed E-state index contributed by atoms with van der Waals surface area (Å²) >= 11 is 3.46. The Morgan fingerprint density at radius 1 is 1.25 bits per heavy atom. The third-order valence-corrected chi connectivity index (χ3v) is 2.76. The molecule has 0 unspecified atom stereocenters. The molecule has 0 atom stereocenters. The molecule has 0 fully saturated rings. The Balaban J connectivity index is 2.57. The fourth-order valence-electron chi connectivity index (χ4n) is 1.62. The van der Waals surface area contributed by atoms with Crippen LogP contribution in [0, 0.1) is 13.8 Å². The second-order valence-corrected chi connectivity index (χ2v) is 4.74. The number of hydrogen-bond donors (Lipinski definition) is 2. The van der Waals surface area contributed by atoms with Crippen molar-refractivity contribution in [3.05, 3.63) is 27.7 Å². The molecule has 4 heteroatoms. The smallest absolute Gasteiger partial charge is 0.216 e. The van der Waals surface area contributed by atoms with Crippen molar-refractivity contribution in [2.75, 3.05) is 18.4 Å². The minimum atomic E-state index is 0.00560. The van der Waals surface area contributed by atoms with Gasteiger partial charge in [0, 0.05) is 30.2 Å². The van der Waals surface area contributed by atoms with E-state index in [2.05, 4.69) is 52.5 Å². The van der Waals surface area contributed by atoms with Crippen LogP contribution in [0.25, 0.3) is 0 Å². The molecule has 0 aliphatic rings. The van der Waals surface area contributed by atoms with Crippen LogP contribution in [-0.4, -0.2) is 19.0 Å². The summed E-state index contributed by atoms with van der Waals surface area (Å²) in [5.74, 6) is 0.00560. The number of amides is 1. The molecule has 88 valence electrons. The van der Waals surface area contributed by atoms with E-state index in [9.17, 15) is 4.79 Å². The molecule has 0 spiro atoms. The molecule has 1 amide bonds. The van der Waals surface area contributed by atoms with Crippen LogP contribution in [0.4, 0.5) is 5.69 Å². The second kappa shape index (κ2) is 5.89. The third kappa shape index (κ3) is 3.85. The lowest BCUT2D eigenvalue weighted by Crippen LogP contribution is -2.26. The predicted molar refractivity (Wildman–Crippen MR) is 70.8 cm³/mol. The van der Waals surface area contributed by atoms with Gasteiger partial charge in [0.15, 0.2) is 0 Å². The fourth-order valence-corrected chi connectivity index (χ4v) is 2.30. The van der Waals surface area contributed by atoms with Gasteiger partial charge in [-0.3, -0.25) is 4.79 Å². The van der Waals surface area contributed by atoms with Crippen molar-refractivity contribution in [3.63, 3.8) is 0 Å².